The molecule has 8 heteroatoms. The molecule has 0 unspecified atom stereocenters. The van der Waals surface area contributed by atoms with Crippen LogP contribution < -0.4 is 4.90 Å². The van der Waals surface area contributed by atoms with Crippen molar-refractivity contribution in [1.29, 1.82) is 0 Å². The Hall–Kier alpha value is -3.29. The highest BCUT2D eigenvalue weighted by Crippen LogP contribution is 2.19. The van der Waals surface area contributed by atoms with Gasteiger partial charge in [-0.15, -0.1) is 0 Å². The molecule has 4 heterocycles. The minimum Gasteiger partial charge on any atom is -0.353 e. The summed E-state index contributed by atoms with van der Waals surface area (Å²) < 4.78 is 1.67. The number of hydrogen-bond acceptors (Lipinski definition) is 6. The van der Waals surface area contributed by atoms with Gasteiger partial charge in [0.1, 0.15) is 11.6 Å². The Morgan fingerprint density at radius 2 is 1.86 bits per heavy atom. The molecule has 0 bridgehead atoms. The number of hydrogen-bond donors (Lipinski definition) is 0. The van der Waals surface area contributed by atoms with E-state index in [2.05, 4.69) is 33.8 Å². The van der Waals surface area contributed by atoms with Gasteiger partial charge in [-0.3, -0.25) is 4.79 Å². The van der Waals surface area contributed by atoms with Gasteiger partial charge in [-0.05, 0) is 25.1 Å². The van der Waals surface area contributed by atoms with Crippen LogP contribution in [0.3, 0.4) is 0 Å². The molecule has 3 aromatic heterocycles. The van der Waals surface area contributed by atoms with Gasteiger partial charge in [0.15, 0.2) is 5.82 Å². The lowest BCUT2D eigenvalue weighted by Crippen LogP contribution is -2.49. The Bertz CT molecular complexity index is 975. The molecule has 4 rings (SSSR count). The van der Waals surface area contributed by atoms with E-state index < -0.39 is 0 Å². The van der Waals surface area contributed by atoms with Gasteiger partial charge in [0.2, 0.25) is 0 Å². The first-order chi connectivity index (χ1) is 14.0. The molecule has 0 saturated carbocycles. The lowest BCUT2D eigenvalue weighted by molar-refractivity contribution is 0.0746. The average Bonchev–Trinajstić information content (AvgIpc) is 3.28. The van der Waals surface area contributed by atoms with Crippen LogP contribution in [0.1, 0.15) is 41.6 Å². The van der Waals surface area contributed by atoms with Crippen molar-refractivity contribution in [2.45, 2.75) is 26.7 Å². The number of piperazine rings is 1. The summed E-state index contributed by atoms with van der Waals surface area (Å²) in [7, 11) is 0. The average molecular weight is 391 g/mol. The summed E-state index contributed by atoms with van der Waals surface area (Å²) in [4.78, 5) is 30.6. The Morgan fingerprint density at radius 1 is 1.07 bits per heavy atom. The number of carbonyl (C=O) groups is 1. The number of aromatic nitrogens is 5. The van der Waals surface area contributed by atoms with Crippen LogP contribution in [0, 0.1) is 6.92 Å². The van der Waals surface area contributed by atoms with Crippen molar-refractivity contribution in [3.05, 3.63) is 59.9 Å². The highest BCUT2D eigenvalue weighted by atomic mass is 16.2. The number of nitrogens with zero attached hydrogens (tertiary/aromatic N) is 7. The normalized spacial score (nSPS) is 14.5. The fourth-order valence-electron chi connectivity index (χ4n) is 3.37. The minimum atomic E-state index is 0.00547. The summed E-state index contributed by atoms with van der Waals surface area (Å²) in [5.41, 5.74) is 1.56. The quantitative estimate of drug-likeness (QED) is 0.680. The number of pyridine rings is 1. The molecule has 1 saturated heterocycles. The van der Waals surface area contributed by atoms with E-state index in [0.717, 1.165) is 30.4 Å². The van der Waals surface area contributed by atoms with Crippen molar-refractivity contribution < 1.29 is 4.79 Å². The first kappa shape index (κ1) is 19.0. The van der Waals surface area contributed by atoms with Crippen molar-refractivity contribution in [2.75, 3.05) is 31.1 Å². The monoisotopic (exact) mass is 391 g/mol. The summed E-state index contributed by atoms with van der Waals surface area (Å²) in [5.74, 6) is 2.79. The lowest BCUT2D eigenvalue weighted by Gasteiger charge is -2.35. The third-order valence-corrected chi connectivity index (χ3v) is 5.00. The van der Waals surface area contributed by atoms with Gasteiger partial charge in [0, 0.05) is 62.4 Å². The van der Waals surface area contributed by atoms with Gasteiger partial charge in [-0.2, -0.15) is 5.10 Å². The van der Waals surface area contributed by atoms with Crippen LogP contribution >= 0.6 is 0 Å². The van der Waals surface area contributed by atoms with E-state index in [1.54, 1.807) is 23.1 Å². The first-order valence-corrected chi connectivity index (χ1v) is 9.87. The summed E-state index contributed by atoms with van der Waals surface area (Å²) in [5, 5.41) is 4.15. The highest BCUT2D eigenvalue weighted by Gasteiger charge is 2.24. The van der Waals surface area contributed by atoms with Crippen LogP contribution in [0.25, 0.3) is 5.82 Å². The molecular formula is C21H25N7O. The van der Waals surface area contributed by atoms with E-state index in [1.165, 1.54) is 0 Å². The smallest absolute Gasteiger partial charge is 0.255 e. The summed E-state index contributed by atoms with van der Waals surface area (Å²) in [6, 6.07) is 7.47. The predicted molar refractivity (Wildman–Crippen MR) is 110 cm³/mol. The van der Waals surface area contributed by atoms with Crippen LogP contribution in [0.15, 0.2) is 42.9 Å². The minimum absolute atomic E-state index is 0.00547. The van der Waals surface area contributed by atoms with Crippen LogP contribution in [0.5, 0.6) is 0 Å². The second-order valence-electron chi connectivity index (χ2n) is 7.52. The Kier molecular flexibility index (Phi) is 5.24. The zero-order valence-electron chi connectivity index (χ0n) is 17.0. The largest absolute Gasteiger partial charge is 0.353 e. The molecule has 1 aliphatic heterocycles. The van der Waals surface area contributed by atoms with Crippen LogP contribution in [0.4, 0.5) is 5.82 Å². The van der Waals surface area contributed by atoms with Crippen molar-refractivity contribution in [2.24, 2.45) is 0 Å². The van der Waals surface area contributed by atoms with Gasteiger partial charge in [-0.1, -0.05) is 13.8 Å². The molecule has 0 aromatic carbocycles. The van der Waals surface area contributed by atoms with Crippen LogP contribution in [0.2, 0.25) is 0 Å². The maximum atomic E-state index is 12.9. The molecule has 3 aromatic rings. The molecule has 150 valence electrons. The summed E-state index contributed by atoms with van der Waals surface area (Å²) in [6.45, 7) is 9.00. The van der Waals surface area contributed by atoms with E-state index in [1.807, 2.05) is 36.2 Å². The van der Waals surface area contributed by atoms with Crippen LogP contribution in [-0.4, -0.2) is 61.7 Å². The number of anilines is 1. The molecule has 1 amide bonds. The van der Waals surface area contributed by atoms with Gasteiger partial charge in [-0.25, -0.2) is 19.6 Å². The predicted octanol–water partition coefficient (Wildman–Crippen LogP) is 2.45. The standard InChI is InChI=1S/C21H25N7O/c1-15(2)20-24-16(3)13-19(25-20)26-9-11-27(12-10-26)21(29)17-5-6-18(22-14-17)28-8-4-7-23-28/h4-8,13-15H,9-12H2,1-3H3. The fourth-order valence-corrected chi connectivity index (χ4v) is 3.37. The van der Waals surface area contributed by atoms with Gasteiger partial charge in [0.25, 0.3) is 5.91 Å². The molecule has 1 fully saturated rings. The van der Waals surface area contributed by atoms with E-state index in [9.17, 15) is 4.79 Å². The summed E-state index contributed by atoms with van der Waals surface area (Å²) in [6.07, 6.45) is 5.14. The zero-order chi connectivity index (χ0) is 20.4. The molecule has 29 heavy (non-hydrogen) atoms. The SMILES string of the molecule is Cc1cc(N2CCN(C(=O)c3ccc(-n4cccn4)nc3)CC2)nc(C(C)C)n1. The second kappa shape index (κ2) is 7.98. The van der Waals surface area contributed by atoms with E-state index in [4.69, 9.17) is 4.98 Å². The Balaban J connectivity index is 1.41. The molecule has 8 nitrogen and oxygen atoms in total. The van der Waals surface area contributed by atoms with Crippen LogP contribution in [-0.2, 0) is 0 Å². The van der Waals surface area contributed by atoms with Crippen molar-refractivity contribution in [3.63, 3.8) is 0 Å². The van der Waals surface area contributed by atoms with Gasteiger partial charge in [0.05, 0.1) is 5.56 Å². The number of carbonyl (C=O) groups excluding carboxylic acids is 1. The molecule has 1 aliphatic rings. The molecule has 0 atom stereocenters. The van der Waals surface area contributed by atoms with E-state index >= 15 is 0 Å². The van der Waals surface area contributed by atoms with Crippen molar-refractivity contribution >= 4 is 11.7 Å². The lowest BCUT2D eigenvalue weighted by atomic mass is 10.2. The Morgan fingerprint density at radius 3 is 2.48 bits per heavy atom. The molecule has 0 aliphatic carbocycles. The van der Waals surface area contributed by atoms with Crippen molar-refractivity contribution in [3.8, 4) is 5.82 Å². The fraction of sp³-hybridized carbons (Fsp3) is 0.381. The van der Waals surface area contributed by atoms with Gasteiger partial charge < -0.3 is 9.80 Å². The maximum Gasteiger partial charge on any atom is 0.255 e. The first-order valence-electron chi connectivity index (χ1n) is 9.87. The third kappa shape index (κ3) is 4.11. The maximum absolute atomic E-state index is 12.9. The molecule has 0 spiro atoms. The highest BCUT2D eigenvalue weighted by molar-refractivity contribution is 5.94. The second-order valence-corrected chi connectivity index (χ2v) is 7.52. The topological polar surface area (TPSA) is 80.0 Å². The van der Waals surface area contributed by atoms with Crippen molar-refractivity contribution in [1.82, 2.24) is 29.6 Å². The number of aryl methyl sites for hydroxylation is 1. The Labute approximate surface area is 170 Å². The zero-order valence-corrected chi connectivity index (χ0v) is 17.0. The summed E-state index contributed by atoms with van der Waals surface area (Å²) >= 11 is 0. The van der Waals surface area contributed by atoms with E-state index in [0.29, 0.717) is 24.5 Å². The van der Waals surface area contributed by atoms with E-state index in [-0.39, 0.29) is 11.8 Å². The number of rotatable bonds is 4. The van der Waals surface area contributed by atoms with Gasteiger partial charge >= 0.3 is 0 Å². The molecular weight excluding hydrogens is 366 g/mol. The third-order valence-electron chi connectivity index (χ3n) is 5.00. The molecule has 0 N–H and O–H groups in total. The number of amides is 1. The molecule has 0 radical (unpaired) electrons.